The Morgan fingerprint density at radius 1 is 1.59 bits per heavy atom. The molecule has 0 unspecified atom stereocenters. The fourth-order valence-corrected chi connectivity index (χ4v) is 1.91. The highest BCUT2D eigenvalue weighted by molar-refractivity contribution is 5.85. The van der Waals surface area contributed by atoms with Crippen molar-refractivity contribution in [1.29, 1.82) is 0 Å². The van der Waals surface area contributed by atoms with Gasteiger partial charge in [0, 0.05) is 13.7 Å². The summed E-state index contributed by atoms with van der Waals surface area (Å²) in [5.74, 6) is -1.01. The fourth-order valence-electron chi connectivity index (χ4n) is 1.91. The van der Waals surface area contributed by atoms with Gasteiger partial charge < -0.3 is 15.2 Å². The quantitative estimate of drug-likeness (QED) is 0.815. The van der Waals surface area contributed by atoms with E-state index >= 15 is 0 Å². The molecule has 2 rings (SSSR count). The largest absolute Gasteiger partial charge is 0.477 e. The minimum absolute atomic E-state index is 0.0501. The zero-order valence-electron chi connectivity index (χ0n) is 9.77. The Bertz CT molecular complexity index is 393. The lowest BCUT2D eigenvalue weighted by Crippen LogP contribution is -2.45. The van der Waals surface area contributed by atoms with Crippen molar-refractivity contribution < 1.29 is 14.6 Å². The van der Waals surface area contributed by atoms with E-state index in [1.165, 1.54) is 18.7 Å². The van der Waals surface area contributed by atoms with Crippen molar-refractivity contribution >= 4 is 11.7 Å². The molecule has 17 heavy (non-hydrogen) atoms. The van der Waals surface area contributed by atoms with Gasteiger partial charge >= 0.3 is 5.97 Å². The minimum Gasteiger partial charge on any atom is -0.477 e. The van der Waals surface area contributed by atoms with Crippen LogP contribution in [0.5, 0.6) is 0 Å². The SMILES string of the molecule is COC1(CNc2ccc(C(=O)O)nc2)CCC1. The number of carbonyl (C=O) groups is 1. The van der Waals surface area contributed by atoms with E-state index in [-0.39, 0.29) is 11.3 Å². The lowest BCUT2D eigenvalue weighted by Gasteiger charge is -2.40. The maximum atomic E-state index is 10.6. The molecule has 0 radical (unpaired) electrons. The summed E-state index contributed by atoms with van der Waals surface area (Å²) < 4.78 is 5.48. The number of aromatic nitrogens is 1. The van der Waals surface area contributed by atoms with E-state index in [9.17, 15) is 4.79 Å². The number of carboxylic acid groups (broad SMARTS) is 1. The molecule has 0 spiro atoms. The van der Waals surface area contributed by atoms with Crippen LogP contribution in [0.15, 0.2) is 18.3 Å². The van der Waals surface area contributed by atoms with Crippen molar-refractivity contribution in [2.45, 2.75) is 24.9 Å². The molecule has 1 aromatic rings. The maximum absolute atomic E-state index is 10.6. The average Bonchev–Trinajstić information content (AvgIpc) is 2.29. The normalized spacial score (nSPS) is 17.2. The highest BCUT2D eigenvalue weighted by Crippen LogP contribution is 2.34. The van der Waals surface area contributed by atoms with Gasteiger partial charge in [-0.15, -0.1) is 0 Å². The van der Waals surface area contributed by atoms with Crippen molar-refractivity contribution in [3.05, 3.63) is 24.0 Å². The summed E-state index contributed by atoms with van der Waals surface area (Å²) in [7, 11) is 1.73. The number of hydrogen-bond donors (Lipinski definition) is 2. The monoisotopic (exact) mass is 236 g/mol. The Balaban J connectivity index is 1.93. The lowest BCUT2D eigenvalue weighted by molar-refractivity contribution is -0.0601. The topological polar surface area (TPSA) is 71.5 Å². The molecule has 0 amide bonds. The zero-order chi connectivity index (χ0) is 12.3. The number of methoxy groups -OCH3 is 1. The Morgan fingerprint density at radius 2 is 2.35 bits per heavy atom. The second-order valence-electron chi connectivity index (χ2n) is 4.33. The first-order valence-electron chi connectivity index (χ1n) is 5.64. The molecule has 1 saturated carbocycles. The molecular formula is C12H16N2O3. The van der Waals surface area contributed by atoms with E-state index in [2.05, 4.69) is 10.3 Å². The van der Waals surface area contributed by atoms with E-state index in [1.54, 1.807) is 13.2 Å². The number of nitrogens with one attached hydrogen (secondary N) is 1. The third kappa shape index (κ3) is 2.55. The first kappa shape index (κ1) is 11.9. The highest BCUT2D eigenvalue weighted by atomic mass is 16.5. The third-order valence-corrected chi connectivity index (χ3v) is 3.30. The number of pyridine rings is 1. The predicted octanol–water partition coefficient (Wildman–Crippen LogP) is 1.76. The Labute approximate surface area is 99.8 Å². The van der Waals surface area contributed by atoms with E-state index in [0.29, 0.717) is 0 Å². The van der Waals surface area contributed by atoms with Gasteiger partial charge in [-0.25, -0.2) is 9.78 Å². The van der Waals surface area contributed by atoms with Crippen molar-refractivity contribution in [3.63, 3.8) is 0 Å². The second kappa shape index (κ2) is 4.71. The molecule has 0 aromatic carbocycles. The van der Waals surface area contributed by atoms with Crippen LogP contribution in [-0.4, -0.2) is 35.3 Å². The van der Waals surface area contributed by atoms with Crippen molar-refractivity contribution in [2.24, 2.45) is 0 Å². The molecule has 1 fully saturated rings. The van der Waals surface area contributed by atoms with Crippen LogP contribution in [0.1, 0.15) is 29.8 Å². The standard InChI is InChI=1S/C12H16N2O3/c1-17-12(5-2-6-12)8-14-9-3-4-10(11(15)16)13-7-9/h3-4,7,14H,2,5-6,8H2,1H3,(H,15,16). The van der Waals surface area contributed by atoms with Crippen LogP contribution in [0, 0.1) is 0 Å². The lowest BCUT2D eigenvalue weighted by atomic mass is 9.80. The zero-order valence-corrected chi connectivity index (χ0v) is 9.77. The van der Waals surface area contributed by atoms with Crippen LogP contribution in [0.3, 0.4) is 0 Å². The van der Waals surface area contributed by atoms with Gasteiger partial charge in [0.25, 0.3) is 0 Å². The third-order valence-electron chi connectivity index (χ3n) is 3.30. The van der Waals surface area contributed by atoms with Gasteiger partial charge in [-0.05, 0) is 31.4 Å². The molecule has 1 heterocycles. The molecule has 1 aromatic heterocycles. The van der Waals surface area contributed by atoms with Crippen LogP contribution < -0.4 is 5.32 Å². The van der Waals surface area contributed by atoms with Crippen LogP contribution >= 0.6 is 0 Å². The van der Waals surface area contributed by atoms with E-state index in [0.717, 1.165) is 25.1 Å². The molecular weight excluding hydrogens is 220 g/mol. The second-order valence-corrected chi connectivity index (χ2v) is 4.33. The highest BCUT2D eigenvalue weighted by Gasteiger charge is 2.36. The first-order chi connectivity index (χ1) is 8.15. The van der Waals surface area contributed by atoms with Crippen molar-refractivity contribution in [1.82, 2.24) is 4.98 Å². The molecule has 2 N–H and O–H groups in total. The summed E-state index contributed by atoms with van der Waals surface area (Å²) in [4.78, 5) is 14.5. The fraction of sp³-hybridized carbons (Fsp3) is 0.500. The Morgan fingerprint density at radius 3 is 2.76 bits per heavy atom. The summed E-state index contributed by atoms with van der Waals surface area (Å²) in [5, 5.41) is 11.9. The smallest absolute Gasteiger partial charge is 0.354 e. The minimum atomic E-state index is -1.01. The summed E-state index contributed by atoms with van der Waals surface area (Å²) in [6.07, 6.45) is 4.87. The van der Waals surface area contributed by atoms with Crippen LogP contribution in [-0.2, 0) is 4.74 Å². The molecule has 0 atom stereocenters. The molecule has 0 saturated heterocycles. The summed E-state index contributed by atoms with van der Waals surface area (Å²) in [5.41, 5.74) is 0.824. The number of ether oxygens (including phenoxy) is 1. The average molecular weight is 236 g/mol. The Hall–Kier alpha value is -1.62. The Kier molecular flexibility index (Phi) is 3.28. The molecule has 92 valence electrons. The molecule has 5 nitrogen and oxygen atoms in total. The number of nitrogens with zero attached hydrogens (tertiary/aromatic N) is 1. The number of aromatic carboxylic acids is 1. The number of carboxylic acids is 1. The van der Waals surface area contributed by atoms with Gasteiger partial charge in [-0.1, -0.05) is 0 Å². The molecule has 1 aliphatic rings. The van der Waals surface area contributed by atoms with Crippen molar-refractivity contribution in [2.75, 3.05) is 19.0 Å². The summed E-state index contributed by atoms with van der Waals surface area (Å²) in [6.45, 7) is 0.734. The van der Waals surface area contributed by atoms with Crippen LogP contribution in [0.25, 0.3) is 0 Å². The number of hydrogen-bond acceptors (Lipinski definition) is 4. The van der Waals surface area contributed by atoms with E-state index in [4.69, 9.17) is 9.84 Å². The van der Waals surface area contributed by atoms with Gasteiger partial charge in [0.2, 0.25) is 0 Å². The maximum Gasteiger partial charge on any atom is 0.354 e. The summed E-state index contributed by atoms with van der Waals surface area (Å²) >= 11 is 0. The van der Waals surface area contributed by atoms with Gasteiger partial charge in [-0.3, -0.25) is 0 Å². The van der Waals surface area contributed by atoms with Crippen LogP contribution in [0.4, 0.5) is 5.69 Å². The van der Waals surface area contributed by atoms with Crippen LogP contribution in [0.2, 0.25) is 0 Å². The first-order valence-corrected chi connectivity index (χ1v) is 5.64. The molecule has 1 aliphatic carbocycles. The number of anilines is 1. The molecule has 0 aliphatic heterocycles. The van der Waals surface area contributed by atoms with Crippen molar-refractivity contribution in [3.8, 4) is 0 Å². The van der Waals surface area contributed by atoms with Gasteiger partial charge in [0.1, 0.15) is 5.69 Å². The molecule has 5 heteroatoms. The van der Waals surface area contributed by atoms with Gasteiger partial charge in [-0.2, -0.15) is 0 Å². The van der Waals surface area contributed by atoms with Gasteiger partial charge in [0.15, 0.2) is 0 Å². The van der Waals surface area contributed by atoms with Gasteiger partial charge in [0.05, 0.1) is 17.5 Å². The number of rotatable bonds is 5. The molecule has 0 bridgehead atoms. The summed E-state index contributed by atoms with van der Waals surface area (Å²) in [6, 6.07) is 3.21. The predicted molar refractivity (Wildman–Crippen MR) is 63.3 cm³/mol. The van der Waals surface area contributed by atoms with E-state index < -0.39 is 5.97 Å². The van der Waals surface area contributed by atoms with E-state index in [1.807, 2.05) is 0 Å².